The van der Waals surface area contributed by atoms with E-state index >= 15 is 0 Å². The second-order valence-corrected chi connectivity index (χ2v) is 4.47. The standard InChI is InChI=1S/C13H18O4/c1-13(2,12(14)15)7-8-17-11-6-4-5-10(9-11)16-3/h4-6,9H,7-8H2,1-3H3,(H,14,15). The number of hydrogen-bond donors (Lipinski definition) is 1. The summed E-state index contributed by atoms with van der Waals surface area (Å²) in [6, 6.07) is 7.24. The van der Waals surface area contributed by atoms with E-state index < -0.39 is 11.4 Å². The molecule has 0 amide bonds. The molecule has 1 rings (SSSR count). The molecule has 1 aromatic rings. The Morgan fingerprint density at radius 1 is 1.35 bits per heavy atom. The van der Waals surface area contributed by atoms with Crippen LogP contribution >= 0.6 is 0 Å². The van der Waals surface area contributed by atoms with Crippen molar-refractivity contribution in [3.63, 3.8) is 0 Å². The molecule has 0 heterocycles. The van der Waals surface area contributed by atoms with Crippen LogP contribution in [0.5, 0.6) is 11.5 Å². The molecule has 1 aromatic carbocycles. The Morgan fingerprint density at radius 3 is 2.59 bits per heavy atom. The molecule has 94 valence electrons. The van der Waals surface area contributed by atoms with Crippen molar-refractivity contribution in [3.05, 3.63) is 24.3 Å². The number of rotatable bonds is 6. The SMILES string of the molecule is COc1cccc(OCCC(C)(C)C(=O)O)c1. The predicted octanol–water partition coefficient (Wildman–Crippen LogP) is 2.57. The second kappa shape index (κ2) is 5.57. The minimum atomic E-state index is -0.813. The van der Waals surface area contributed by atoms with E-state index in [1.807, 2.05) is 18.2 Å². The number of ether oxygens (including phenoxy) is 2. The van der Waals surface area contributed by atoms with Gasteiger partial charge in [0.15, 0.2) is 0 Å². The Kier molecular flexibility index (Phi) is 4.37. The summed E-state index contributed by atoms with van der Waals surface area (Å²) in [5.41, 5.74) is -0.765. The second-order valence-electron chi connectivity index (χ2n) is 4.47. The maximum Gasteiger partial charge on any atom is 0.309 e. The fourth-order valence-electron chi connectivity index (χ4n) is 1.22. The van der Waals surface area contributed by atoms with Crippen molar-refractivity contribution in [2.75, 3.05) is 13.7 Å². The van der Waals surface area contributed by atoms with Crippen molar-refractivity contribution >= 4 is 5.97 Å². The summed E-state index contributed by atoms with van der Waals surface area (Å²) in [6.45, 7) is 3.74. The van der Waals surface area contributed by atoms with E-state index in [2.05, 4.69) is 0 Å². The highest BCUT2D eigenvalue weighted by Crippen LogP contribution is 2.23. The van der Waals surface area contributed by atoms with Crippen LogP contribution in [0.4, 0.5) is 0 Å². The Bertz CT molecular complexity index is 385. The van der Waals surface area contributed by atoms with Crippen molar-refractivity contribution in [1.82, 2.24) is 0 Å². The molecule has 0 unspecified atom stereocenters. The summed E-state index contributed by atoms with van der Waals surface area (Å²) in [4.78, 5) is 10.9. The molecule has 0 spiro atoms. The average Bonchev–Trinajstić information content (AvgIpc) is 2.29. The van der Waals surface area contributed by atoms with E-state index in [1.54, 1.807) is 27.0 Å². The molecule has 0 atom stereocenters. The Balaban J connectivity index is 2.48. The van der Waals surface area contributed by atoms with Crippen LogP contribution in [0, 0.1) is 5.41 Å². The molecule has 1 N–H and O–H groups in total. The Labute approximate surface area is 101 Å². The van der Waals surface area contributed by atoms with Gasteiger partial charge in [-0.05, 0) is 32.4 Å². The summed E-state index contributed by atoms with van der Waals surface area (Å²) in [5.74, 6) is 0.595. The zero-order valence-corrected chi connectivity index (χ0v) is 10.4. The molecule has 0 aliphatic rings. The third kappa shape index (κ3) is 3.98. The molecule has 4 nitrogen and oxygen atoms in total. The maximum atomic E-state index is 10.9. The number of carboxylic acid groups (broad SMARTS) is 1. The minimum absolute atomic E-state index is 0.368. The number of hydrogen-bond acceptors (Lipinski definition) is 3. The van der Waals surface area contributed by atoms with Crippen molar-refractivity contribution in [3.8, 4) is 11.5 Å². The van der Waals surface area contributed by atoms with Crippen molar-refractivity contribution in [2.45, 2.75) is 20.3 Å². The van der Waals surface area contributed by atoms with E-state index in [1.165, 1.54) is 0 Å². The van der Waals surface area contributed by atoms with Gasteiger partial charge < -0.3 is 14.6 Å². The smallest absolute Gasteiger partial charge is 0.309 e. The van der Waals surface area contributed by atoms with Gasteiger partial charge in [0, 0.05) is 6.07 Å². The quantitative estimate of drug-likeness (QED) is 0.827. The van der Waals surface area contributed by atoms with Crippen LogP contribution < -0.4 is 9.47 Å². The zero-order valence-electron chi connectivity index (χ0n) is 10.4. The molecule has 0 aliphatic carbocycles. The lowest BCUT2D eigenvalue weighted by molar-refractivity contribution is -0.147. The van der Waals surface area contributed by atoms with Crippen molar-refractivity contribution < 1.29 is 19.4 Å². The van der Waals surface area contributed by atoms with Crippen LogP contribution in [0.1, 0.15) is 20.3 Å². The molecule has 17 heavy (non-hydrogen) atoms. The molecule has 0 bridgehead atoms. The number of aliphatic carboxylic acids is 1. The highest BCUT2D eigenvalue weighted by atomic mass is 16.5. The largest absolute Gasteiger partial charge is 0.497 e. The minimum Gasteiger partial charge on any atom is -0.497 e. The molecule has 0 saturated carbocycles. The van der Waals surface area contributed by atoms with E-state index in [0.717, 1.165) is 5.75 Å². The van der Waals surface area contributed by atoms with Gasteiger partial charge in [-0.3, -0.25) is 4.79 Å². The summed E-state index contributed by atoms with van der Waals surface area (Å²) in [6.07, 6.45) is 0.458. The van der Waals surface area contributed by atoms with Crippen LogP contribution in [0.3, 0.4) is 0 Å². The number of carbonyl (C=O) groups is 1. The number of carboxylic acids is 1. The Morgan fingerprint density at radius 2 is 2.00 bits per heavy atom. The number of methoxy groups -OCH3 is 1. The van der Waals surface area contributed by atoms with Gasteiger partial charge in [-0.1, -0.05) is 6.07 Å². The topological polar surface area (TPSA) is 55.8 Å². The molecule has 0 aromatic heterocycles. The third-order valence-electron chi connectivity index (χ3n) is 2.62. The van der Waals surface area contributed by atoms with Gasteiger partial charge in [0.1, 0.15) is 11.5 Å². The van der Waals surface area contributed by atoms with Crippen LogP contribution in [0.15, 0.2) is 24.3 Å². The molecule has 0 aliphatic heterocycles. The third-order valence-corrected chi connectivity index (χ3v) is 2.62. The molecular weight excluding hydrogens is 220 g/mol. The van der Waals surface area contributed by atoms with E-state index in [4.69, 9.17) is 14.6 Å². The first-order chi connectivity index (χ1) is 7.95. The molecule has 0 fully saturated rings. The highest BCUT2D eigenvalue weighted by molar-refractivity contribution is 5.73. The van der Waals surface area contributed by atoms with Gasteiger partial charge in [-0.25, -0.2) is 0 Å². The summed E-state index contributed by atoms with van der Waals surface area (Å²) >= 11 is 0. The van der Waals surface area contributed by atoms with Crippen LogP contribution in [0.25, 0.3) is 0 Å². The summed E-state index contributed by atoms with van der Waals surface area (Å²) in [5, 5.41) is 8.95. The normalized spacial score (nSPS) is 11.0. The summed E-state index contributed by atoms with van der Waals surface area (Å²) < 4.78 is 10.6. The lowest BCUT2D eigenvalue weighted by Crippen LogP contribution is -2.25. The average molecular weight is 238 g/mol. The number of benzene rings is 1. The first-order valence-corrected chi connectivity index (χ1v) is 5.46. The van der Waals surface area contributed by atoms with Crippen LogP contribution in [-0.2, 0) is 4.79 Å². The predicted molar refractivity (Wildman–Crippen MR) is 64.5 cm³/mol. The van der Waals surface area contributed by atoms with E-state index in [9.17, 15) is 4.79 Å². The fourth-order valence-corrected chi connectivity index (χ4v) is 1.22. The molecule has 4 heteroatoms. The van der Waals surface area contributed by atoms with Gasteiger partial charge in [0.25, 0.3) is 0 Å². The maximum absolute atomic E-state index is 10.9. The first-order valence-electron chi connectivity index (χ1n) is 5.46. The highest BCUT2D eigenvalue weighted by Gasteiger charge is 2.26. The van der Waals surface area contributed by atoms with Gasteiger partial charge in [-0.15, -0.1) is 0 Å². The van der Waals surface area contributed by atoms with Crippen LogP contribution in [-0.4, -0.2) is 24.8 Å². The van der Waals surface area contributed by atoms with Crippen molar-refractivity contribution in [1.29, 1.82) is 0 Å². The lowest BCUT2D eigenvalue weighted by atomic mass is 9.90. The molecule has 0 saturated heterocycles. The first kappa shape index (κ1) is 13.4. The van der Waals surface area contributed by atoms with Gasteiger partial charge in [0.2, 0.25) is 0 Å². The van der Waals surface area contributed by atoms with Gasteiger partial charge in [-0.2, -0.15) is 0 Å². The summed E-state index contributed by atoms with van der Waals surface area (Å²) in [7, 11) is 1.59. The molecule has 0 radical (unpaired) electrons. The zero-order chi connectivity index (χ0) is 12.9. The monoisotopic (exact) mass is 238 g/mol. The van der Waals surface area contributed by atoms with Crippen molar-refractivity contribution in [2.24, 2.45) is 5.41 Å². The van der Waals surface area contributed by atoms with Crippen LogP contribution in [0.2, 0.25) is 0 Å². The fraction of sp³-hybridized carbons (Fsp3) is 0.462. The molecular formula is C13H18O4. The Hall–Kier alpha value is -1.71. The van der Waals surface area contributed by atoms with Gasteiger partial charge in [0.05, 0.1) is 19.1 Å². The lowest BCUT2D eigenvalue weighted by Gasteiger charge is -2.18. The van der Waals surface area contributed by atoms with E-state index in [-0.39, 0.29) is 0 Å². The van der Waals surface area contributed by atoms with Gasteiger partial charge >= 0.3 is 5.97 Å². The van der Waals surface area contributed by atoms with E-state index in [0.29, 0.717) is 18.8 Å².